The van der Waals surface area contributed by atoms with Gasteiger partial charge in [-0.05, 0) is 54.3 Å². The van der Waals surface area contributed by atoms with Crippen molar-refractivity contribution >= 4 is 39.2 Å². The molecule has 4 nitrogen and oxygen atoms in total. The number of carbonyl (C=O) groups excluding carboxylic acids is 1. The zero-order valence-corrected chi connectivity index (χ0v) is 17.0. The Hall–Kier alpha value is -2.79. The fourth-order valence-electron chi connectivity index (χ4n) is 3.43. The van der Waals surface area contributed by atoms with Crippen molar-refractivity contribution in [1.82, 2.24) is 4.98 Å². The van der Waals surface area contributed by atoms with Crippen LogP contribution in [0.5, 0.6) is 0 Å². The lowest BCUT2D eigenvalue weighted by molar-refractivity contribution is -0.117. The number of thiazole rings is 1. The number of benzene rings is 2. The number of aliphatic imine (C=N–C) groups is 1. The number of aliphatic hydroxyl groups excluding tert-OH is 1. The third kappa shape index (κ3) is 3.76. The lowest BCUT2D eigenvalue weighted by Gasteiger charge is -2.28. The van der Waals surface area contributed by atoms with Crippen LogP contribution in [0.25, 0.3) is 20.8 Å². The average molecular weight is 391 g/mol. The van der Waals surface area contributed by atoms with Crippen molar-refractivity contribution in [3.63, 3.8) is 0 Å². The lowest BCUT2D eigenvalue weighted by atomic mass is 9.77. The first kappa shape index (κ1) is 18.6. The molecule has 2 aromatic carbocycles. The summed E-state index contributed by atoms with van der Waals surface area (Å²) in [5.41, 5.74) is 4.13. The van der Waals surface area contributed by atoms with Gasteiger partial charge in [0.1, 0.15) is 10.8 Å². The first-order valence-electron chi connectivity index (χ1n) is 9.28. The van der Waals surface area contributed by atoms with Crippen LogP contribution >= 0.6 is 11.3 Å². The van der Waals surface area contributed by atoms with Gasteiger partial charge < -0.3 is 5.11 Å². The number of hydrogen-bond donors (Lipinski definition) is 1. The molecule has 3 aromatic rings. The van der Waals surface area contributed by atoms with Gasteiger partial charge in [0.15, 0.2) is 5.78 Å². The number of rotatable bonds is 3. The number of ketones is 1. The van der Waals surface area contributed by atoms with Gasteiger partial charge in [0.05, 0.1) is 21.5 Å². The monoisotopic (exact) mass is 390 g/mol. The second kappa shape index (κ2) is 6.99. The van der Waals surface area contributed by atoms with Gasteiger partial charge >= 0.3 is 0 Å². The molecule has 1 aliphatic rings. The fraction of sp³-hybridized carbons (Fsp3) is 0.261. The largest absolute Gasteiger partial charge is 0.511 e. The van der Waals surface area contributed by atoms with Crippen LogP contribution in [0.2, 0.25) is 0 Å². The Bertz CT molecular complexity index is 1120. The summed E-state index contributed by atoms with van der Waals surface area (Å²) in [4.78, 5) is 21.4. The highest BCUT2D eigenvalue weighted by Gasteiger charge is 2.32. The van der Waals surface area contributed by atoms with E-state index in [9.17, 15) is 9.90 Å². The summed E-state index contributed by atoms with van der Waals surface area (Å²) in [5.74, 6) is 0.0743. The van der Waals surface area contributed by atoms with Gasteiger partial charge in [-0.25, -0.2) is 4.98 Å². The minimum absolute atomic E-state index is 0.0566. The van der Waals surface area contributed by atoms with Gasteiger partial charge in [0.25, 0.3) is 0 Å². The second-order valence-electron chi connectivity index (χ2n) is 8.10. The quantitative estimate of drug-likeness (QED) is 0.544. The number of fused-ring (bicyclic) bond motifs is 1. The Labute approximate surface area is 168 Å². The van der Waals surface area contributed by atoms with Crippen LogP contribution in [0.4, 0.5) is 5.69 Å². The van der Waals surface area contributed by atoms with E-state index in [0.717, 1.165) is 21.8 Å². The Balaban J connectivity index is 1.56. The molecule has 0 saturated heterocycles. The van der Waals surface area contributed by atoms with Crippen molar-refractivity contribution in [1.29, 1.82) is 0 Å². The van der Waals surface area contributed by atoms with Crippen LogP contribution in [-0.4, -0.2) is 22.1 Å². The van der Waals surface area contributed by atoms with Crippen LogP contribution in [0.15, 0.2) is 58.8 Å². The Kier molecular flexibility index (Phi) is 4.63. The molecule has 0 radical (unpaired) electrons. The van der Waals surface area contributed by atoms with Crippen molar-refractivity contribution < 1.29 is 9.90 Å². The highest BCUT2D eigenvalue weighted by molar-refractivity contribution is 7.21. The van der Waals surface area contributed by atoms with Crippen molar-refractivity contribution in [2.75, 3.05) is 0 Å². The second-order valence-corrected chi connectivity index (χ2v) is 9.13. The predicted octanol–water partition coefficient (Wildman–Crippen LogP) is 6.18. The number of aryl methyl sites for hydroxylation is 1. The maximum absolute atomic E-state index is 12.3. The number of hydrogen-bond acceptors (Lipinski definition) is 5. The van der Waals surface area contributed by atoms with Crippen molar-refractivity contribution in [2.45, 2.75) is 33.6 Å². The number of Topliss-reactive ketones (excluding diaryl/α,β-unsaturated/α-hetero) is 1. The normalized spacial score (nSPS) is 17.0. The molecule has 0 bridgehead atoms. The van der Waals surface area contributed by atoms with Crippen LogP contribution in [0, 0.1) is 12.3 Å². The van der Waals surface area contributed by atoms with E-state index in [4.69, 9.17) is 4.98 Å². The molecule has 1 aliphatic carbocycles. The third-order valence-corrected chi connectivity index (χ3v) is 5.96. The zero-order chi connectivity index (χ0) is 19.9. The molecule has 0 atom stereocenters. The number of aliphatic hydroxyl groups is 1. The standard InChI is InChI=1S/C23H22N2O2S/c1-14-4-9-18-21(10-14)28-22(25-18)15-5-7-16(8-6-15)24-13-17-19(26)11-23(2,3)12-20(17)27/h4-10,13,26H,11-12H2,1-3H3. The van der Waals surface area contributed by atoms with Crippen molar-refractivity contribution in [2.24, 2.45) is 10.4 Å². The first-order valence-corrected chi connectivity index (χ1v) is 10.1. The summed E-state index contributed by atoms with van der Waals surface area (Å²) in [6.45, 7) is 6.05. The van der Waals surface area contributed by atoms with Crippen LogP contribution in [0.1, 0.15) is 32.3 Å². The van der Waals surface area contributed by atoms with Gasteiger partial charge in [-0.15, -0.1) is 11.3 Å². The summed E-state index contributed by atoms with van der Waals surface area (Å²) in [6, 6.07) is 14.0. The lowest BCUT2D eigenvalue weighted by Crippen LogP contribution is -2.26. The van der Waals surface area contributed by atoms with Crippen molar-refractivity contribution in [3.05, 3.63) is 59.4 Å². The smallest absolute Gasteiger partial charge is 0.168 e. The van der Waals surface area contributed by atoms with Crippen molar-refractivity contribution in [3.8, 4) is 10.6 Å². The van der Waals surface area contributed by atoms with E-state index in [1.165, 1.54) is 16.5 Å². The van der Waals surface area contributed by atoms with Crippen LogP contribution < -0.4 is 0 Å². The average Bonchev–Trinajstić information content (AvgIpc) is 3.03. The molecule has 5 heteroatoms. The summed E-state index contributed by atoms with van der Waals surface area (Å²) in [7, 11) is 0. The van der Waals surface area contributed by atoms with Gasteiger partial charge in [-0.1, -0.05) is 19.9 Å². The molecule has 0 amide bonds. The molecule has 1 heterocycles. The first-order chi connectivity index (χ1) is 13.3. The number of nitrogens with zero attached hydrogens (tertiary/aromatic N) is 2. The summed E-state index contributed by atoms with van der Waals surface area (Å²) in [5, 5.41) is 11.2. The van der Waals surface area contributed by atoms with Gasteiger partial charge in [-0.3, -0.25) is 9.79 Å². The zero-order valence-electron chi connectivity index (χ0n) is 16.2. The molecular formula is C23H22N2O2S. The minimum Gasteiger partial charge on any atom is -0.511 e. The van der Waals surface area contributed by atoms with E-state index in [0.29, 0.717) is 18.4 Å². The highest BCUT2D eigenvalue weighted by atomic mass is 32.1. The third-order valence-electron chi connectivity index (χ3n) is 4.90. The predicted molar refractivity (Wildman–Crippen MR) is 116 cm³/mol. The maximum atomic E-state index is 12.3. The van der Waals surface area contributed by atoms with E-state index in [2.05, 4.69) is 24.0 Å². The minimum atomic E-state index is -0.198. The summed E-state index contributed by atoms with van der Waals surface area (Å²) >= 11 is 1.67. The topological polar surface area (TPSA) is 62.6 Å². The van der Waals surface area contributed by atoms with Gasteiger partial charge in [0, 0.05) is 24.6 Å². The molecule has 1 N–H and O–H groups in total. The molecule has 0 unspecified atom stereocenters. The molecule has 1 aromatic heterocycles. The van der Waals surface area contributed by atoms with Crippen LogP contribution in [-0.2, 0) is 4.79 Å². The maximum Gasteiger partial charge on any atom is 0.168 e. The molecule has 0 saturated carbocycles. The van der Waals surface area contributed by atoms with Crippen LogP contribution in [0.3, 0.4) is 0 Å². The Morgan fingerprint density at radius 1 is 1.14 bits per heavy atom. The highest BCUT2D eigenvalue weighted by Crippen LogP contribution is 2.35. The van der Waals surface area contributed by atoms with E-state index >= 15 is 0 Å². The number of aromatic nitrogens is 1. The Morgan fingerprint density at radius 2 is 1.89 bits per heavy atom. The van der Waals surface area contributed by atoms with Gasteiger partial charge in [-0.2, -0.15) is 0 Å². The summed E-state index contributed by atoms with van der Waals surface area (Å²) < 4.78 is 1.18. The fourth-order valence-corrected chi connectivity index (χ4v) is 4.50. The SMILES string of the molecule is Cc1ccc2nc(-c3ccc(N=CC4=C(O)CC(C)(C)CC4=O)cc3)sc2c1. The van der Waals surface area contributed by atoms with E-state index in [1.807, 2.05) is 44.2 Å². The molecular weight excluding hydrogens is 368 g/mol. The molecule has 0 fully saturated rings. The molecule has 142 valence electrons. The molecule has 0 aliphatic heterocycles. The van der Waals surface area contributed by atoms with E-state index in [1.54, 1.807) is 11.3 Å². The van der Waals surface area contributed by atoms with E-state index in [-0.39, 0.29) is 17.0 Å². The number of carbonyl (C=O) groups is 1. The molecule has 0 spiro atoms. The van der Waals surface area contributed by atoms with Gasteiger partial charge in [0.2, 0.25) is 0 Å². The summed E-state index contributed by atoms with van der Waals surface area (Å²) in [6.07, 6.45) is 2.41. The molecule has 4 rings (SSSR count). The van der Waals surface area contributed by atoms with E-state index < -0.39 is 0 Å². The number of allylic oxidation sites excluding steroid dienone is 2. The Morgan fingerprint density at radius 3 is 2.61 bits per heavy atom. The molecule has 28 heavy (non-hydrogen) atoms.